The summed E-state index contributed by atoms with van der Waals surface area (Å²) in [5.41, 5.74) is 1.93. The maximum absolute atomic E-state index is 12.9. The Bertz CT molecular complexity index is 1240. The number of nitrogens with one attached hydrogen (secondary N) is 2. The summed E-state index contributed by atoms with van der Waals surface area (Å²) in [6.07, 6.45) is 2.03. The number of benzene rings is 3. The lowest BCUT2D eigenvalue weighted by Crippen LogP contribution is -2.35. The largest absolute Gasteiger partial charge is 0.461 e. The lowest BCUT2D eigenvalue weighted by molar-refractivity contribution is -0.145. The van der Waals surface area contributed by atoms with Crippen molar-refractivity contribution in [1.82, 2.24) is 10.6 Å². The first kappa shape index (κ1) is 26.9. The molecule has 0 saturated heterocycles. The zero-order chi connectivity index (χ0) is 26.5. The van der Waals surface area contributed by atoms with Crippen LogP contribution in [0.3, 0.4) is 0 Å². The fourth-order valence-corrected chi connectivity index (χ4v) is 3.25. The number of hydrogen-bond donors (Lipinski definition) is 2. The van der Waals surface area contributed by atoms with E-state index in [1.807, 2.05) is 30.3 Å². The second-order valence-electron chi connectivity index (χ2n) is 8.05. The molecule has 0 aliphatic rings. The fraction of sp³-hybridized carbons (Fsp3) is 0.172. The average molecular weight is 501 g/mol. The molecule has 37 heavy (non-hydrogen) atoms. The topological polar surface area (TPSA) is 111 Å². The van der Waals surface area contributed by atoms with Crippen LogP contribution in [0.25, 0.3) is 6.08 Å². The number of esters is 2. The number of carbonyl (C=O) groups is 4. The Balaban J connectivity index is 1.59. The molecule has 0 spiro atoms. The zero-order valence-corrected chi connectivity index (χ0v) is 20.4. The Morgan fingerprint density at radius 1 is 0.838 bits per heavy atom. The number of hydrogen-bond acceptors (Lipinski definition) is 6. The molecule has 0 aliphatic heterocycles. The number of rotatable bonds is 11. The predicted octanol–water partition coefficient (Wildman–Crippen LogP) is 4.02. The zero-order valence-electron chi connectivity index (χ0n) is 20.4. The Morgan fingerprint density at radius 3 is 2.14 bits per heavy atom. The summed E-state index contributed by atoms with van der Waals surface area (Å²) >= 11 is 0. The van der Waals surface area contributed by atoms with Crippen LogP contribution in [0.15, 0.2) is 90.6 Å². The van der Waals surface area contributed by atoms with Crippen LogP contribution in [0.1, 0.15) is 41.3 Å². The summed E-state index contributed by atoms with van der Waals surface area (Å²) in [5.74, 6) is -1.39. The van der Waals surface area contributed by atoms with Gasteiger partial charge in [-0.15, -0.1) is 0 Å². The Morgan fingerprint density at radius 2 is 1.49 bits per heavy atom. The van der Waals surface area contributed by atoms with Crippen molar-refractivity contribution in [3.05, 3.63) is 107 Å². The number of carbonyl (C=O) groups excluding carboxylic acids is 4. The molecule has 3 aromatic rings. The summed E-state index contributed by atoms with van der Waals surface area (Å²) in [6.45, 7) is 1.71. The lowest BCUT2D eigenvalue weighted by atomic mass is 10.1. The van der Waals surface area contributed by atoms with E-state index >= 15 is 0 Å². The number of ether oxygens (including phenoxy) is 2. The minimum atomic E-state index is -0.508. The van der Waals surface area contributed by atoms with Gasteiger partial charge in [0.2, 0.25) is 0 Å². The average Bonchev–Trinajstić information content (AvgIpc) is 2.91. The molecule has 0 fully saturated rings. The first-order valence-electron chi connectivity index (χ1n) is 11.7. The third-order valence-electron chi connectivity index (χ3n) is 5.07. The monoisotopic (exact) mass is 500 g/mol. The van der Waals surface area contributed by atoms with Gasteiger partial charge in [-0.1, -0.05) is 60.7 Å². The van der Waals surface area contributed by atoms with Crippen LogP contribution in [0.2, 0.25) is 0 Å². The van der Waals surface area contributed by atoms with Crippen LogP contribution in [0.4, 0.5) is 0 Å². The van der Waals surface area contributed by atoms with Gasteiger partial charge in [-0.25, -0.2) is 0 Å². The number of amides is 2. The summed E-state index contributed by atoms with van der Waals surface area (Å²) in [4.78, 5) is 48.7. The molecule has 0 bridgehead atoms. The van der Waals surface area contributed by atoms with Gasteiger partial charge in [-0.3, -0.25) is 19.2 Å². The molecule has 0 atom stereocenters. The lowest BCUT2D eigenvalue weighted by Gasteiger charge is -2.12. The van der Waals surface area contributed by atoms with Crippen LogP contribution < -0.4 is 15.4 Å². The Labute approximate surface area is 215 Å². The van der Waals surface area contributed by atoms with Crippen molar-refractivity contribution >= 4 is 29.8 Å². The smallest absolute Gasteiger partial charge is 0.308 e. The quantitative estimate of drug-likeness (QED) is 0.178. The van der Waals surface area contributed by atoms with E-state index in [9.17, 15) is 19.2 Å². The minimum Gasteiger partial charge on any atom is -0.461 e. The summed E-state index contributed by atoms with van der Waals surface area (Å²) in [7, 11) is 0. The van der Waals surface area contributed by atoms with Crippen molar-refractivity contribution in [2.75, 3.05) is 6.54 Å². The molecule has 0 aliphatic carbocycles. The van der Waals surface area contributed by atoms with E-state index in [1.54, 1.807) is 54.6 Å². The van der Waals surface area contributed by atoms with E-state index in [0.29, 0.717) is 23.3 Å². The molecule has 190 valence electrons. The summed E-state index contributed by atoms with van der Waals surface area (Å²) < 4.78 is 10.3. The van der Waals surface area contributed by atoms with Crippen LogP contribution in [-0.2, 0) is 25.7 Å². The van der Waals surface area contributed by atoms with Gasteiger partial charge in [0, 0.05) is 25.5 Å². The maximum Gasteiger partial charge on any atom is 0.308 e. The third kappa shape index (κ3) is 9.45. The van der Waals surface area contributed by atoms with E-state index in [0.717, 1.165) is 5.56 Å². The van der Waals surface area contributed by atoms with Gasteiger partial charge in [0.05, 0.1) is 0 Å². The van der Waals surface area contributed by atoms with Gasteiger partial charge in [0.15, 0.2) is 0 Å². The van der Waals surface area contributed by atoms with Gasteiger partial charge < -0.3 is 20.1 Å². The molecule has 0 aromatic heterocycles. The molecule has 0 saturated carbocycles. The van der Waals surface area contributed by atoms with Crippen LogP contribution in [-0.4, -0.2) is 30.3 Å². The van der Waals surface area contributed by atoms with Crippen molar-refractivity contribution in [2.45, 2.75) is 26.4 Å². The van der Waals surface area contributed by atoms with E-state index in [-0.39, 0.29) is 31.2 Å². The molecule has 2 amide bonds. The molecule has 8 heteroatoms. The Kier molecular flexibility index (Phi) is 10.2. The van der Waals surface area contributed by atoms with Crippen molar-refractivity contribution in [2.24, 2.45) is 0 Å². The molecule has 3 rings (SSSR count). The highest BCUT2D eigenvalue weighted by molar-refractivity contribution is 6.05. The fourth-order valence-electron chi connectivity index (χ4n) is 3.25. The highest BCUT2D eigenvalue weighted by atomic mass is 16.5. The van der Waals surface area contributed by atoms with Gasteiger partial charge in [-0.05, 0) is 47.9 Å². The normalized spacial score (nSPS) is 10.8. The van der Waals surface area contributed by atoms with Crippen molar-refractivity contribution in [3.63, 3.8) is 0 Å². The first-order chi connectivity index (χ1) is 17.9. The summed E-state index contributed by atoms with van der Waals surface area (Å²) in [5, 5.41) is 5.38. The molecule has 0 unspecified atom stereocenters. The molecule has 3 aromatic carbocycles. The highest BCUT2D eigenvalue weighted by Gasteiger charge is 2.15. The molecule has 0 radical (unpaired) electrons. The van der Waals surface area contributed by atoms with E-state index in [2.05, 4.69) is 10.6 Å². The van der Waals surface area contributed by atoms with Crippen molar-refractivity contribution in [1.29, 1.82) is 0 Å². The first-order valence-corrected chi connectivity index (χ1v) is 11.7. The van der Waals surface area contributed by atoms with Crippen molar-refractivity contribution < 1.29 is 28.7 Å². The maximum atomic E-state index is 12.9. The Hall–Kier alpha value is -4.72. The highest BCUT2D eigenvalue weighted by Crippen LogP contribution is 2.15. The SMILES string of the molecule is CC(=O)Oc1ccc(/C=C(\NC(=O)c2ccccc2)C(=O)NCCCC(=O)OCc2ccccc2)cc1. The van der Waals surface area contributed by atoms with Gasteiger partial charge in [-0.2, -0.15) is 0 Å². The standard InChI is InChI=1S/C29H28N2O6/c1-21(32)37-25-16-14-22(15-17-25)19-26(31-28(34)24-11-6-3-7-12-24)29(35)30-18-8-13-27(33)36-20-23-9-4-2-5-10-23/h2-7,9-12,14-17,19H,8,13,18,20H2,1H3,(H,30,35)(H,31,34)/b26-19-. The second kappa shape index (κ2) is 14.0. The van der Waals surface area contributed by atoms with E-state index in [4.69, 9.17) is 9.47 Å². The molecular formula is C29H28N2O6. The van der Waals surface area contributed by atoms with Gasteiger partial charge in [0.25, 0.3) is 11.8 Å². The van der Waals surface area contributed by atoms with Gasteiger partial charge in [0.1, 0.15) is 18.1 Å². The predicted molar refractivity (Wildman–Crippen MR) is 138 cm³/mol. The van der Waals surface area contributed by atoms with Crippen LogP contribution in [0.5, 0.6) is 5.75 Å². The van der Waals surface area contributed by atoms with Crippen molar-refractivity contribution in [3.8, 4) is 5.75 Å². The third-order valence-corrected chi connectivity index (χ3v) is 5.07. The molecule has 0 heterocycles. The molecule has 2 N–H and O–H groups in total. The second-order valence-corrected chi connectivity index (χ2v) is 8.05. The molecular weight excluding hydrogens is 472 g/mol. The van der Waals surface area contributed by atoms with Crippen LogP contribution >= 0.6 is 0 Å². The van der Waals surface area contributed by atoms with E-state index in [1.165, 1.54) is 13.0 Å². The van der Waals surface area contributed by atoms with E-state index < -0.39 is 17.8 Å². The minimum absolute atomic E-state index is 0.0285. The van der Waals surface area contributed by atoms with Gasteiger partial charge >= 0.3 is 11.9 Å². The molecule has 8 nitrogen and oxygen atoms in total. The van der Waals surface area contributed by atoms with Crippen LogP contribution in [0, 0.1) is 0 Å². The summed E-state index contributed by atoms with van der Waals surface area (Å²) in [6, 6.07) is 24.4.